The fourth-order valence-corrected chi connectivity index (χ4v) is 2.38. The summed E-state index contributed by atoms with van der Waals surface area (Å²) in [6.45, 7) is 0. The van der Waals surface area contributed by atoms with Crippen LogP contribution in [0.4, 0.5) is 0 Å². The lowest BCUT2D eigenvalue weighted by atomic mass is 10.1. The van der Waals surface area contributed by atoms with Gasteiger partial charge in [-0.2, -0.15) is 0 Å². The highest BCUT2D eigenvalue weighted by Gasteiger charge is 2.23. The van der Waals surface area contributed by atoms with Crippen LogP contribution in [-0.4, -0.2) is 11.9 Å². The van der Waals surface area contributed by atoms with E-state index in [9.17, 15) is 4.79 Å². The van der Waals surface area contributed by atoms with Crippen molar-refractivity contribution in [3.8, 4) is 0 Å². The van der Waals surface area contributed by atoms with Crippen molar-refractivity contribution < 1.29 is 4.79 Å². The van der Waals surface area contributed by atoms with Crippen LogP contribution < -0.4 is 5.32 Å². The molecule has 0 atom stereocenters. The fraction of sp³-hybridized carbons (Fsp3) is 0.250. The Morgan fingerprint density at radius 3 is 3.00 bits per heavy atom. The summed E-state index contributed by atoms with van der Waals surface area (Å²) in [6.07, 6.45) is 2.26. The Bertz CT molecular complexity index is 513. The number of amides is 1. The minimum Gasteiger partial charge on any atom is -0.349 e. The molecule has 76 valence electrons. The number of thiophene rings is 1. The maximum atomic E-state index is 11.8. The zero-order chi connectivity index (χ0) is 10.3. The molecule has 3 rings (SSSR count). The molecule has 1 fully saturated rings. The van der Waals surface area contributed by atoms with Crippen molar-refractivity contribution >= 4 is 27.3 Å². The van der Waals surface area contributed by atoms with E-state index in [1.807, 2.05) is 29.6 Å². The van der Waals surface area contributed by atoms with Crippen molar-refractivity contribution in [2.45, 2.75) is 18.9 Å². The van der Waals surface area contributed by atoms with Crippen molar-refractivity contribution in [3.05, 3.63) is 35.2 Å². The van der Waals surface area contributed by atoms with Gasteiger partial charge in [0, 0.05) is 16.3 Å². The molecule has 0 aliphatic heterocycles. The Morgan fingerprint density at radius 2 is 2.20 bits per heavy atom. The predicted octanol–water partition coefficient (Wildman–Crippen LogP) is 2.79. The molecule has 1 aliphatic rings. The van der Waals surface area contributed by atoms with E-state index in [2.05, 4.69) is 5.32 Å². The second-order valence-corrected chi connectivity index (χ2v) is 4.87. The summed E-state index contributed by atoms with van der Waals surface area (Å²) in [6, 6.07) is 8.35. The van der Waals surface area contributed by atoms with E-state index >= 15 is 0 Å². The minimum absolute atomic E-state index is 0.0607. The first kappa shape index (κ1) is 8.92. The smallest absolute Gasteiger partial charge is 0.251 e. The van der Waals surface area contributed by atoms with Crippen LogP contribution in [0.25, 0.3) is 10.1 Å². The average Bonchev–Trinajstić information content (AvgIpc) is 2.94. The number of carbonyl (C=O) groups is 1. The summed E-state index contributed by atoms with van der Waals surface area (Å²) in [5, 5.41) is 6.20. The van der Waals surface area contributed by atoms with E-state index in [1.54, 1.807) is 11.3 Å². The van der Waals surface area contributed by atoms with Crippen LogP contribution in [0.2, 0.25) is 0 Å². The summed E-state index contributed by atoms with van der Waals surface area (Å²) in [7, 11) is 0. The summed E-state index contributed by atoms with van der Waals surface area (Å²) in [5.41, 5.74) is 0.771. The van der Waals surface area contributed by atoms with Gasteiger partial charge in [-0.25, -0.2) is 0 Å². The number of carbonyl (C=O) groups excluding carboxylic acids is 1. The molecule has 1 aliphatic carbocycles. The van der Waals surface area contributed by atoms with Gasteiger partial charge in [-0.15, -0.1) is 11.3 Å². The molecule has 1 amide bonds. The van der Waals surface area contributed by atoms with Crippen LogP contribution in [0.15, 0.2) is 29.6 Å². The number of fused-ring (bicyclic) bond motifs is 1. The number of rotatable bonds is 2. The molecular weight excluding hydrogens is 206 g/mol. The molecule has 1 heterocycles. The molecule has 2 aromatic rings. The van der Waals surface area contributed by atoms with E-state index in [1.165, 1.54) is 4.70 Å². The van der Waals surface area contributed by atoms with Gasteiger partial charge < -0.3 is 5.32 Å². The van der Waals surface area contributed by atoms with Crippen LogP contribution in [0.5, 0.6) is 0 Å². The molecule has 0 bridgehead atoms. The second kappa shape index (κ2) is 3.35. The Labute approximate surface area is 91.9 Å². The standard InChI is InChI=1S/C12H11NOS/c14-12(13-10-2-3-10)9-1-4-11-8(7-9)5-6-15-11/h1,4-7,10H,2-3H2,(H,13,14). The third-order valence-corrected chi connectivity index (χ3v) is 3.53. The molecule has 0 saturated heterocycles. The first-order valence-electron chi connectivity index (χ1n) is 5.11. The monoisotopic (exact) mass is 217 g/mol. The third-order valence-electron chi connectivity index (χ3n) is 2.63. The van der Waals surface area contributed by atoms with Gasteiger partial charge >= 0.3 is 0 Å². The lowest BCUT2D eigenvalue weighted by Crippen LogP contribution is -2.25. The Kier molecular flexibility index (Phi) is 1.99. The normalized spacial score (nSPS) is 15.5. The van der Waals surface area contributed by atoms with Gasteiger partial charge in [0.2, 0.25) is 0 Å². The maximum absolute atomic E-state index is 11.8. The lowest BCUT2D eigenvalue weighted by Gasteiger charge is -2.02. The van der Waals surface area contributed by atoms with Crippen molar-refractivity contribution in [1.29, 1.82) is 0 Å². The summed E-state index contributed by atoms with van der Waals surface area (Å²) < 4.78 is 1.23. The van der Waals surface area contributed by atoms with Crippen molar-refractivity contribution in [2.24, 2.45) is 0 Å². The topological polar surface area (TPSA) is 29.1 Å². The molecular formula is C12H11NOS. The largest absolute Gasteiger partial charge is 0.349 e. The van der Waals surface area contributed by atoms with E-state index in [0.29, 0.717) is 6.04 Å². The highest BCUT2D eigenvalue weighted by molar-refractivity contribution is 7.17. The van der Waals surface area contributed by atoms with Crippen LogP contribution in [0, 0.1) is 0 Å². The van der Waals surface area contributed by atoms with Gasteiger partial charge in [0.15, 0.2) is 0 Å². The quantitative estimate of drug-likeness (QED) is 0.823. The number of benzene rings is 1. The predicted molar refractivity (Wildman–Crippen MR) is 62.3 cm³/mol. The molecule has 1 saturated carbocycles. The van der Waals surface area contributed by atoms with Gasteiger partial charge in [0.25, 0.3) is 5.91 Å². The Balaban J connectivity index is 1.91. The lowest BCUT2D eigenvalue weighted by molar-refractivity contribution is 0.0951. The SMILES string of the molecule is O=C(NC1CC1)c1ccc2sccc2c1. The zero-order valence-electron chi connectivity index (χ0n) is 8.19. The average molecular weight is 217 g/mol. The highest BCUT2D eigenvalue weighted by atomic mass is 32.1. The number of hydrogen-bond donors (Lipinski definition) is 1. The first-order chi connectivity index (χ1) is 7.33. The van der Waals surface area contributed by atoms with Crippen LogP contribution >= 0.6 is 11.3 Å². The van der Waals surface area contributed by atoms with Crippen molar-refractivity contribution in [3.63, 3.8) is 0 Å². The molecule has 1 N–H and O–H groups in total. The molecule has 15 heavy (non-hydrogen) atoms. The molecule has 1 aromatic carbocycles. The molecule has 0 radical (unpaired) electrons. The van der Waals surface area contributed by atoms with E-state index in [4.69, 9.17) is 0 Å². The molecule has 0 spiro atoms. The summed E-state index contributed by atoms with van der Waals surface area (Å²) in [5.74, 6) is 0.0607. The molecule has 1 aromatic heterocycles. The molecule has 2 nitrogen and oxygen atoms in total. The van der Waals surface area contributed by atoms with E-state index in [0.717, 1.165) is 23.8 Å². The number of hydrogen-bond acceptors (Lipinski definition) is 2. The Hall–Kier alpha value is -1.35. The van der Waals surface area contributed by atoms with Crippen LogP contribution in [0.1, 0.15) is 23.2 Å². The summed E-state index contributed by atoms with van der Waals surface area (Å²) in [4.78, 5) is 11.8. The maximum Gasteiger partial charge on any atom is 0.251 e. The van der Waals surface area contributed by atoms with Crippen molar-refractivity contribution in [2.75, 3.05) is 0 Å². The van der Waals surface area contributed by atoms with E-state index < -0.39 is 0 Å². The van der Waals surface area contributed by atoms with Gasteiger partial charge in [-0.3, -0.25) is 4.79 Å². The first-order valence-corrected chi connectivity index (χ1v) is 5.99. The fourth-order valence-electron chi connectivity index (χ4n) is 1.60. The second-order valence-electron chi connectivity index (χ2n) is 3.92. The minimum atomic E-state index is 0.0607. The van der Waals surface area contributed by atoms with Crippen molar-refractivity contribution in [1.82, 2.24) is 5.32 Å². The van der Waals surface area contributed by atoms with Crippen LogP contribution in [-0.2, 0) is 0 Å². The highest BCUT2D eigenvalue weighted by Crippen LogP contribution is 2.23. The molecule has 3 heteroatoms. The zero-order valence-corrected chi connectivity index (χ0v) is 9.01. The van der Waals surface area contributed by atoms with Gasteiger partial charge in [-0.05, 0) is 47.9 Å². The van der Waals surface area contributed by atoms with Gasteiger partial charge in [-0.1, -0.05) is 0 Å². The Morgan fingerprint density at radius 1 is 1.33 bits per heavy atom. The third kappa shape index (κ3) is 1.75. The van der Waals surface area contributed by atoms with Gasteiger partial charge in [0.1, 0.15) is 0 Å². The number of nitrogens with one attached hydrogen (secondary N) is 1. The van der Waals surface area contributed by atoms with Crippen LogP contribution in [0.3, 0.4) is 0 Å². The van der Waals surface area contributed by atoms with E-state index in [-0.39, 0.29) is 5.91 Å². The summed E-state index contributed by atoms with van der Waals surface area (Å²) >= 11 is 1.70. The van der Waals surface area contributed by atoms with Gasteiger partial charge in [0.05, 0.1) is 0 Å². The molecule has 0 unspecified atom stereocenters.